The molecule has 112 valence electrons. The number of halogens is 2. The maximum absolute atomic E-state index is 12.0. The molecule has 0 unspecified atom stereocenters. The van der Waals surface area contributed by atoms with Gasteiger partial charge in [0.25, 0.3) is 5.91 Å². The molecule has 0 atom stereocenters. The van der Waals surface area contributed by atoms with Gasteiger partial charge in [-0.1, -0.05) is 27.5 Å². The van der Waals surface area contributed by atoms with E-state index >= 15 is 0 Å². The minimum atomic E-state index is -4.00. The van der Waals surface area contributed by atoms with Crippen molar-refractivity contribution in [3.8, 4) is 0 Å². The largest absolute Gasteiger partial charge is 0.385 e. The van der Waals surface area contributed by atoms with Crippen molar-refractivity contribution >= 4 is 43.5 Å². The summed E-state index contributed by atoms with van der Waals surface area (Å²) in [5, 5.41) is 7.48. The van der Waals surface area contributed by atoms with Crippen molar-refractivity contribution in [1.29, 1.82) is 0 Å². The van der Waals surface area contributed by atoms with Gasteiger partial charge in [-0.25, -0.2) is 13.6 Å². The van der Waals surface area contributed by atoms with Crippen LogP contribution in [0.5, 0.6) is 0 Å². The summed E-state index contributed by atoms with van der Waals surface area (Å²) in [6.45, 7) is 0.898. The van der Waals surface area contributed by atoms with Gasteiger partial charge in [0.15, 0.2) is 0 Å². The minimum absolute atomic E-state index is 0.0440. The highest BCUT2D eigenvalue weighted by Gasteiger charge is 2.20. The number of carbonyl (C=O) groups is 1. The monoisotopic (exact) mass is 384 g/mol. The Morgan fingerprint density at radius 3 is 2.70 bits per heavy atom. The SMILES string of the molecule is COCCCNC(=O)c1cc(Br)cc(S(N)(=O)=O)c1Cl. The van der Waals surface area contributed by atoms with E-state index in [9.17, 15) is 13.2 Å². The zero-order valence-corrected chi connectivity index (χ0v) is 13.8. The van der Waals surface area contributed by atoms with Crippen LogP contribution in [0.2, 0.25) is 5.02 Å². The number of primary sulfonamides is 1. The topological polar surface area (TPSA) is 98.5 Å². The first kappa shape index (κ1) is 17.4. The number of carbonyl (C=O) groups excluding carboxylic acids is 1. The highest BCUT2D eigenvalue weighted by Crippen LogP contribution is 2.28. The second-order valence-electron chi connectivity index (χ2n) is 3.91. The summed E-state index contributed by atoms with van der Waals surface area (Å²) in [5.41, 5.74) is 0.0440. The van der Waals surface area contributed by atoms with Gasteiger partial charge in [-0.05, 0) is 18.6 Å². The van der Waals surface area contributed by atoms with Gasteiger partial charge >= 0.3 is 0 Å². The van der Waals surface area contributed by atoms with Crippen molar-refractivity contribution < 1.29 is 17.9 Å². The highest BCUT2D eigenvalue weighted by atomic mass is 79.9. The number of nitrogens with two attached hydrogens (primary N) is 1. The van der Waals surface area contributed by atoms with Gasteiger partial charge in [-0.2, -0.15) is 0 Å². The standard InChI is InChI=1S/C11H14BrClN2O4S/c1-19-4-2-3-15-11(16)8-5-7(12)6-9(10(8)13)20(14,17)18/h5-6H,2-4H2,1H3,(H,15,16)(H2,14,17,18). The molecule has 20 heavy (non-hydrogen) atoms. The van der Waals surface area contributed by atoms with Gasteiger partial charge in [0.05, 0.1) is 10.6 Å². The molecule has 0 aromatic heterocycles. The van der Waals surface area contributed by atoms with Crippen LogP contribution in [-0.4, -0.2) is 34.6 Å². The summed E-state index contributed by atoms with van der Waals surface area (Å²) in [6.07, 6.45) is 0.635. The third-order valence-electron chi connectivity index (χ3n) is 2.37. The van der Waals surface area contributed by atoms with E-state index in [1.54, 1.807) is 7.11 Å². The van der Waals surface area contributed by atoms with Crippen molar-refractivity contribution in [2.45, 2.75) is 11.3 Å². The molecule has 0 aliphatic heterocycles. The number of benzene rings is 1. The van der Waals surface area contributed by atoms with Gasteiger partial charge in [-0.15, -0.1) is 0 Å². The van der Waals surface area contributed by atoms with Gasteiger partial charge in [0, 0.05) is 24.7 Å². The Labute approximate surface area is 130 Å². The van der Waals surface area contributed by atoms with Crippen LogP contribution in [0.3, 0.4) is 0 Å². The number of methoxy groups -OCH3 is 1. The van der Waals surface area contributed by atoms with Crippen molar-refractivity contribution in [3.05, 3.63) is 27.2 Å². The molecule has 0 radical (unpaired) electrons. The quantitative estimate of drug-likeness (QED) is 0.725. The Morgan fingerprint density at radius 1 is 1.50 bits per heavy atom. The van der Waals surface area contributed by atoms with E-state index < -0.39 is 15.9 Å². The predicted molar refractivity (Wildman–Crippen MR) is 79.4 cm³/mol. The summed E-state index contributed by atoms with van der Waals surface area (Å²) in [6, 6.07) is 2.68. The first-order chi connectivity index (χ1) is 9.27. The lowest BCUT2D eigenvalue weighted by Gasteiger charge is -2.10. The summed E-state index contributed by atoms with van der Waals surface area (Å²) in [5.74, 6) is -0.475. The van der Waals surface area contributed by atoms with Gasteiger partial charge in [0.1, 0.15) is 4.90 Å². The van der Waals surface area contributed by atoms with E-state index in [1.165, 1.54) is 12.1 Å². The second-order valence-corrected chi connectivity index (χ2v) is 6.74. The van der Waals surface area contributed by atoms with Gasteiger partial charge in [0.2, 0.25) is 10.0 Å². The fourth-order valence-electron chi connectivity index (χ4n) is 1.45. The fourth-order valence-corrected chi connectivity index (χ4v) is 3.23. The summed E-state index contributed by atoms with van der Waals surface area (Å²) >= 11 is 9.06. The van der Waals surface area contributed by atoms with Crippen LogP contribution in [0.15, 0.2) is 21.5 Å². The average Bonchev–Trinajstić information content (AvgIpc) is 2.35. The van der Waals surface area contributed by atoms with Crippen molar-refractivity contribution in [3.63, 3.8) is 0 Å². The van der Waals surface area contributed by atoms with Crippen LogP contribution in [-0.2, 0) is 14.8 Å². The van der Waals surface area contributed by atoms with Crippen LogP contribution in [0, 0.1) is 0 Å². The van der Waals surface area contributed by atoms with E-state index in [0.717, 1.165) is 0 Å². The van der Waals surface area contributed by atoms with Crippen molar-refractivity contribution in [2.75, 3.05) is 20.3 Å². The van der Waals surface area contributed by atoms with Crippen LogP contribution in [0.4, 0.5) is 0 Å². The number of sulfonamides is 1. The van der Waals surface area contributed by atoms with E-state index in [4.69, 9.17) is 21.5 Å². The average molecular weight is 386 g/mol. The zero-order valence-electron chi connectivity index (χ0n) is 10.7. The van der Waals surface area contributed by atoms with Crippen molar-refractivity contribution in [1.82, 2.24) is 5.32 Å². The number of ether oxygens (including phenoxy) is 1. The Hall–Kier alpha value is -0.670. The number of hydrogen-bond donors (Lipinski definition) is 2. The molecule has 0 fully saturated rings. The smallest absolute Gasteiger partial charge is 0.252 e. The van der Waals surface area contributed by atoms with Crippen molar-refractivity contribution in [2.24, 2.45) is 5.14 Å². The molecule has 0 heterocycles. The third kappa shape index (κ3) is 4.71. The lowest BCUT2D eigenvalue weighted by molar-refractivity contribution is 0.0948. The van der Waals surface area contributed by atoms with Crippen LogP contribution < -0.4 is 10.5 Å². The molecule has 9 heteroatoms. The van der Waals surface area contributed by atoms with E-state index in [0.29, 0.717) is 24.0 Å². The molecule has 6 nitrogen and oxygen atoms in total. The molecule has 1 aromatic carbocycles. The van der Waals surface area contributed by atoms with Gasteiger partial charge in [-0.3, -0.25) is 4.79 Å². The normalized spacial score (nSPS) is 11.4. The molecule has 1 amide bonds. The fraction of sp³-hybridized carbons (Fsp3) is 0.364. The molecular formula is C11H14BrClN2O4S. The summed E-state index contributed by atoms with van der Waals surface area (Å²) in [4.78, 5) is 11.7. The molecule has 1 rings (SSSR count). The van der Waals surface area contributed by atoms with E-state index in [-0.39, 0.29) is 15.5 Å². The van der Waals surface area contributed by atoms with E-state index in [2.05, 4.69) is 21.2 Å². The maximum Gasteiger partial charge on any atom is 0.252 e. The third-order valence-corrected chi connectivity index (χ3v) is 4.28. The maximum atomic E-state index is 12.0. The zero-order chi connectivity index (χ0) is 15.3. The molecule has 3 N–H and O–H groups in total. The minimum Gasteiger partial charge on any atom is -0.385 e. The Balaban J connectivity index is 3.01. The van der Waals surface area contributed by atoms with Crippen LogP contribution in [0.25, 0.3) is 0 Å². The number of hydrogen-bond acceptors (Lipinski definition) is 4. The van der Waals surface area contributed by atoms with E-state index in [1.807, 2.05) is 0 Å². The molecule has 0 saturated heterocycles. The molecule has 1 aromatic rings. The molecule has 0 saturated carbocycles. The van der Waals surface area contributed by atoms with Gasteiger partial charge < -0.3 is 10.1 Å². The molecule has 0 bridgehead atoms. The Morgan fingerprint density at radius 2 is 2.15 bits per heavy atom. The number of amides is 1. The second kappa shape index (κ2) is 7.37. The molecular weight excluding hydrogens is 372 g/mol. The van der Waals surface area contributed by atoms with Crippen LogP contribution >= 0.6 is 27.5 Å². The Bertz CT molecular complexity index is 607. The Kier molecular flexibility index (Phi) is 6.41. The first-order valence-corrected chi connectivity index (χ1v) is 8.28. The summed E-state index contributed by atoms with van der Waals surface area (Å²) < 4.78 is 28.1. The summed E-state index contributed by atoms with van der Waals surface area (Å²) in [7, 11) is -2.44. The van der Waals surface area contributed by atoms with Crippen LogP contribution in [0.1, 0.15) is 16.8 Å². The number of rotatable bonds is 6. The highest BCUT2D eigenvalue weighted by molar-refractivity contribution is 9.10. The lowest BCUT2D eigenvalue weighted by atomic mass is 10.2. The molecule has 0 spiro atoms. The lowest BCUT2D eigenvalue weighted by Crippen LogP contribution is -2.26. The molecule has 0 aliphatic rings. The predicted octanol–water partition coefficient (Wildman–Crippen LogP) is 1.52. The first-order valence-electron chi connectivity index (χ1n) is 5.56. The molecule has 0 aliphatic carbocycles. The number of nitrogens with one attached hydrogen (secondary N) is 1.